The molecule has 1 rings (SSSR count). The highest BCUT2D eigenvalue weighted by molar-refractivity contribution is 5.73. The van der Waals surface area contributed by atoms with Crippen molar-refractivity contribution in [2.45, 2.75) is 52.5 Å². The molecule has 84 valence electrons. The van der Waals surface area contributed by atoms with E-state index in [1.165, 1.54) is 19.3 Å². The topological polar surface area (TPSA) is 47.8 Å². The SMILES string of the molecule is CCCCCCn1nnc(C=O)c1CC. The predicted octanol–water partition coefficient (Wildman–Crippen LogP) is 2.23. The fraction of sp³-hybridized carbons (Fsp3) is 0.727. The van der Waals surface area contributed by atoms with Crippen LogP contribution in [0.3, 0.4) is 0 Å². The van der Waals surface area contributed by atoms with Crippen LogP contribution in [0, 0.1) is 0 Å². The van der Waals surface area contributed by atoms with Crippen LogP contribution in [0.15, 0.2) is 0 Å². The van der Waals surface area contributed by atoms with Gasteiger partial charge in [-0.2, -0.15) is 0 Å². The molecular formula is C11H19N3O. The maximum absolute atomic E-state index is 10.7. The molecule has 0 spiro atoms. The van der Waals surface area contributed by atoms with Crippen molar-refractivity contribution >= 4 is 6.29 Å². The Hall–Kier alpha value is -1.19. The standard InChI is InChI=1S/C11H19N3O/c1-3-5-6-7-8-14-11(4-2)10(9-15)12-13-14/h9H,3-8H2,1-2H3. The molecule has 1 heterocycles. The smallest absolute Gasteiger partial charge is 0.172 e. The zero-order valence-electron chi connectivity index (χ0n) is 9.57. The number of rotatable bonds is 7. The van der Waals surface area contributed by atoms with Gasteiger partial charge in [-0.05, 0) is 12.8 Å². The van der Waals surface area contributed by atoms with E-state index in [1.54, 1.807) is 0 Å². The number of hydrogen-bond acceptors (Lipinski definition) is 3. The van der Waals surface area contributed by atoms with Crippen molar-refractivity contribution in [3.05, 3.63) is 11.4 Å². The lowest BCUT2D eigenvalue weighted by molar-refractivity contribution is 0.111. The summed E-state index contributed by atoms with van der Waals surface area (Å²) in [6.45, 7) is 5.09. The van der Waals surface area contributed by atoms with E-state index in [9.17, 15) is 4.79 Å². The van der Waals surface area contributed by atoms with Gasteiger partial charge in [0.2, 0.25) is 0 Å². The lowest BCUT2D eigenvalue weighted by Gasteiger charge is -2.04. The van der Waals surface area contributed by atoms with Crippen LogP contribution in [-0.2, 0) is 13.0 Å². The van der Waals surface area contributed by atoms with E-state index in [1.807, 2.05) is 11.6 Å². The third kappa shape index (κ3) is 3.15. The summed E-state index contributed by atoms with van der Waals surface area (Å²) in [7, 11) is 0. The molecule has 0 bridgehead atoms. The molecule has 15 heavy (non-hydrogen) atoms. The largest absolute Gasteiger partial charge is 0.296 e. The number of aryl methyl sites for hydroxylation is 1. The van der Waals surface area contributed by atoms with Crippen LogP contribution < -0.4 is 0 Å². The Morgan fingerprint density at radius 1 is 1.27 bits per heavy atom. The van der Waals surface area contributed by atoms with Gasteiger partial charge in [-0.1, -0.05) is 38.3 Å². The number of aromatic nitrogens is 3. The molecule has 0 aliphatic rings. The molecule has 0 aromatic carbocycles. The van der Waals surface area contributed by atoms with Gasteiger partial charge >= 0.3 is 0 Å². The van der Waals surface area contributed by atoms with Gasteiger partial charge in [0.25, 0.3) is 0 Å². The first-order chi connectivity index (χ1) is 7.33. The highest BCUT2D eigenvalue weighted by Gasteiger charge is 2.09. The van der Waals surface area contributed by atoms with Crippen molar-refractivity contribution in [3.63, 3.8) is 0 Å². The van der Waals surface area contributed by atoms with E-state index in [0.717, 1.165) is 31.4 Å². The van der Waals surface area contributed by atoms with Gasteiger partial charge in [-0.15, -0.1) is 5.10 Å². The quantitative estimate of drug-likeness (QED) is 0.511. The Bertz CT molecular complexity index is 307. The normalized spacial score (nSPS) is 10.5. The molecule has 0 saturated carbocycles. The molecule has 0 saturated heterocycles. The lowest BCUT2D eigenvalue weighted by atomic mass is 10.2. The fourth-order valence-corrected chi connectivity index (χ4v) is 1.67. The summed E-state index contributed by atoms with van der Waals surface area (Å²) in [5, 5.41) is 7.84. The van der Waals surface area contributed by atoms with E-state index in [4.69, 9.17) is 0 Å². The van der Waals surface area contributed by atoms with Crippen molar-refractivity contribution < 1.29 is 4.79 Å². The molecule has 0 aliphatic carbocycles. The average Bonchev–Trinajstić information content (AvgIpc) is 2.66. The maximum Gasteiger partial charge on any atom is 0.172 e. The van der Waals surface area contributed by atoms with Crippen LogP contribution in [0.4, 0.5) is 0 Å². The van der Waals surface area contributed by atoms with Gasteiger partial charge in [-0.3, -0.25) is 4.79 Å². The minimum Gasteiger partial charge on any atom is -0.296 e. The Morgan fingerprint density at radius 2 is 2.07 bits per heavy atom. The van der Waals surface area contributed by atoms with Crippen molar-refractivity contribution in [1.29, 1.82) is 0 Å². The van der Waals surface area contributed by atoms with E-state index in [-0.39, 0.29) is 0 Å². The van der Waals surface area contributed by atoms with Gasteiger partial charge in [0.05, 0.1) is 5.69 Å². The zero-order chi connectivity index (χ0) is 11.1. The van der Waals surface area contributed by atoms with Gasteiger partial charge < -0.3 is 0 Å². The molecule has 4 nitrogen and oxygen atoms in total. The first-order valence-corrected chi connectivity index (χ1v) is 5.71. The molecular weight excluding hydrogens is 190 g/mol. The molecule has 0 unspecified atom stereocenters. The van der Waals surface area contributed by atoms with E-state index >= 15 is 0 Å². The number of carbonyl (C=O) groups excluding carboxylic acids is 1. The van der Waals surface area contributed by atoms with Crippen LogP contribution >= 0.6 is 0 Å². The van der Waals surface area contributed by atoms with E-state index < -0.39 is 0 Å². The number of nitrogens with zero attached hydrogens (tertiary/aromatic N) is 3. The Kier molecular flexibility index (Phi) is 5.01. The highest BCUT2D eigenvalue weighted by Crippen LogP contribution is 2.07. The second-order valence-electron chi connectivity index (χ2n) is 3.68. The van der Waals surface area contributed by atoms with Crippen molar-refractivity contribution in [2.24, 2.45) is 0 Å². The van der Waals surface area contributed by atoms with E-state index in [2.05, 4.69) is 17.2 Å². The second kappa shape index (κ2) is 6.32. The Balaban J connectivity index is 2.53. The van der Waals surface area contributed by atoms with Gasteiger partial charge in [0, 0.05) is 6.54 Å². The van der Waals surface area contributed by atoms with Crippen LogP contribution in [0.2, 0.25) is 0 Å². The van der Waals surface area contributed by atoms with Crippen LogP contribution in [-0.4, -0.2) is 21.3 Å². The molecule has 0 radical (unpaired) electrons. The third-order valence-corrected chi connectivity index (χ3v) is 2.54. The highest BCUT2D eigenvalue weighted by atomic mass is 16.1. The zero-order valence-corrected chi connectivity index (χ0v) is 9.57. The fourth-order valence-electron chi connectivity index (χ4n) is 1.67. The molecule has 1 aromatic heterocycles. The number of carbonyl (C=O) groups is 1. The molecule has 0 N–H and O–H groups in total. The lowest BCUT2D eigenvalue weighted by Crippen LogP contribution is -2.05. The van der Waals surface area contributed by atoms with Crippen LogP contribution in [0.25, 0.3) is 0 Å². The van der Waals surface area contributed by atoms with Crippen LogP contribution in [0.1, 0.15) is 55.7 Å². The molecule has 0 amide bonds. The van der Waals surface area contributed by atoms with Gasteiger partial charge in [0.15, 0.2) is 6.29 Å². The minimum atomic E-state index is 0.494. The second-order valence-corrected chi connectivity index (χ2v) is 3.68. The molecule has 0 fully saturated rings. The Morgan fingerprint density at radius 3 is 2.67 bits per heavy atom. The monoisotopic (exact) mass is 209 g/mol. The summed E-state index contributed by atoms with van der Waals surface area (Å²) < 4.78 is 1.86. The first-order valence-electron chi connectivity index (χ1n) is 5.71. The van der Waals surface area contributed by atoms with Gasteiger partial charge in [-0.25, -0.2) is 4.68 Å². The molecule has 4 heteroatoms. The molecule has 1 aromatic rings. The number of unbranched alkanes of at least 4 members (excludes halogenated alkanes) is 3. The van der Waals surface area contributed by atoms with Gasteiger partial charge in [0.1, 0.15) is 5.69 Å². The summed E-state index contributed by atoms with van der Waals surface area (Å²) >= 11 is 0. The third-order valence-electron chi connectivity index (χ3n) is 2.54. The van der Waals surface area contributed by atoms with Crippen molar-refractivity contribution in [2.75, 3.05) is 0 Å². The molecule has 0 atom stereocenters. The summed E-state index contributed by atoms with van der Waals surface area (Å²) in [5.74, 6) is 0. The minimum absolute atomic E-state index is 0.494. The first kappa shape index (κ1) is 11.9. The van der Waals surface area contributed by atoms with Crippen molar-refractivity contribution in [1.82, 2.24) is 15.0 Å². The van der Waals surface area contributed by atoms with Crippen LogP contribution in [0.5, 0.6) is 0 Å². The van der Waals surface area contributed by atoms with Crippen molar-refractivity contribution in [3.8, 4) is 0 Å². The number of aldehydes is 1. The van der Waals surface area contributed by atoms with E-state index in [0.29, 0.717) is 5.69 Å². The summed E-state index contributed by atoms with van der Waals surface area (Å²) in [6.07, 6.45) is 6.43. The molecule has 0 aliphatic heterocycles. The summed E-state index contributed by atoms with van der Waals surface area (Å²) in [6, 6.07) is 0. The number of hydrogen-bond donors (Lipinski definition) is 0. The Labute approximate surface area is 90.7 Å². The predicted molar refractivity (Wildman–Crippen MR) is 58.9 cm³/mol. The average molecular weight is 209 g/mol. The summed E-state index contributed by atoms with van der Waals surface area (Å²) in [4.78, 5) is 10.7. The maximum atomic E-state index is 10.7. The summed E-state index contributed by atoms with van der Waals surface area (Å²) in [5.41, 5.74) is 1.45.